The van der Waals surface area contributed by atoms with Gasteiger partial charge in [0.15, 0.2) is 0 Å². The van der Waals surface area contributed by atoms with E-state index in [0.29, 0.717) is 6.04 Å². The van der Waals surface area contributed by atoms with Crippen molar-refractivity contribution in [3.8, 4) is 0 Å². The molecule has 0 aliphatic heterocycles. The molecule has 1 atom stereocenters. The Kier molecular flexibility index (Phi) is 6.18. The van der Waals surface area contributed by atoms with E-state index in [1.807, 2.05) is 13.1 Å². The van der Waals surface area contributed by atoms with Crippen molar-refractivity contribution in [3.05, 3.63) is 12.7 Å². The maximum Gasteiger partial charge on any atom is 0.0218 e. The van der Waals surface area contributed by atoms with Crippen LogP contribution in [0.5, 0.6) is 0 Å². The lowest BCUT2D eigenvalue weighted by molar-refractivity contribution is 0.255. The fraction of sp³-hybridized carbons (Fsp3) is 0.778. The Balaban J connectivity index is 3.70. The molecule has 0 saturated carbocycles. The Hall–Kier alpha value is -0.340. The Morgan fingerprint density at radius 3 is 2.64 bits per heavy atom. The van der Waals surface area contributed by atoms with E-state index in [1.165, 1.54) is 6.42 Å². The number of rotatable bonds is 6. The van der Waals surface area contributed by atoms with Crippen LogP contribution in [0.1, 0.15) is 13.3 Å². The van der Waals surface area contributed by atoms with Crippen molar-refractivity contribution in [1.82, 2.24) is 10.2 Å². The monoisotopic (exact) mass is 156 g/mol. The lowest BCUT2D eigenvalue weighted by atomic mass is 10.2. The summed E-state index contributed by atoms with van der Waals surface area (Å²) in [5, 5.41) is 3.18. The molecule has 0 saturated heterocycles. The number of nitrogens with one attached hydrogen (secondary N) is 1. The van der Waals surface area contributed by atoms with Crippen LogP contribution in [0.2, 0.25) is 0 Å². The Bertz CT molecular complexity index is 102. The molecular formula is C9H20N2. The summed E-state index contributed by atoms with van der Waals surface area (Å²) in [6.07, 6.45) is 3.13. The normalized spacial score (nSPS) is 13.5. The average Bonchev–Trinajstić information content (AvgIpc) is 2.00. The molecule has 66 valence electrons. The lowest BCUT2D eigenvalue weighted by Gasteiger charge is -2.25. The average molecular weight is 156 g/mol. The topological polar surface area (TPSA) is 15.3 Å². The van der Waals surface area contributed by atoms with Crippen LogP contribution in [0.4, 0.5) is 0 Å². The molecule has 0 bridgehead atoms. The summed E-state index contributed by atoms with van der Waals surface area (Å²) in [6.45, 7) is 7.95. The highest BCUT2D eigenvalue weighted by molar-refractivity contribution is 4.77. The number of hydrogen-bond acceptors (Lipinski definition) is 2. The van der Waals surface area contributed by atoms with Gasteiger partial charge in [-0.05, 0) is 20.5 Å². The molecule has 0 rings (SSSR count). The molecule has 0 amide bonds. The summed E-state index contributed by atoms with van der Waals surface area (Å²) >= 11 is 0. The summed E-state index contributed by atoms with van der Waals surface area (Å²) in [6, 6.07) is 0.637. The lowest BCUT2D eigenvalue weighted by Crippen LogP contribution is -2.38. The van der Waals surface area contributed by atoms with E-state index in [0.717, 1.165) is 13.1 Å². The van der Waals surface area contributed by atoms with Gasteiger partial charge in [0.05, 0.1) is 0 Å². The minimum atomic E-state index is 0.637. The van der Waals surface area contributed by atoms with Gasteiger partial charge in [0.25, 0.3) is 0 Å². The quantitative estimate of drug-likeness (QED) is 0.579. The van der Waals surface area contributed by atoms with Crippen LogP contribution in [0.25, 0.3) is 0 Å². The summed E-state index contributed by atoms with van der Waals surface area (Å²) in [7, 11) is 4.12. The molecule has 0 fully saturated rings. The van der Waals surface area contributed by atoms with Crippen LogP contribution in [-0.4, -0.2) is 38.1 Å². The Labute approximate surface area is 70.3 Å². The number of nitrogens with zero attached hydrogens (tertiary/aromatic N) is 1. The molecule has 0 spiro atoms. The first-order valence-corrected chi connectivity index (χ1v) is 4.22. The van der Waals surface area contributed by atoms with Gasteiger partial charge in [-0.15, -0.1) is 6.58 Å². The maximum absolute atomic E-state index is 3.72. The molecular weight excluding hydrogens is 136 g/mol. The second kappa shape index (κ2) is 6.38. The first kappa shape index (κ1) is 10.7. The van der Waals surface area contributed by atoms with Crippen LogP contribution < -0.4 is 5.32 Å². The van der Waals surface area contributed by atoms with Gasteiger partial charge in [-0.2, -0.15) is 0 Å². The highest BCUT2D eigenvalue weighted by Crippen LogP contribution is 1.99. The molecule has 0 heterocycles. The molecule has 1 N–H and O–H groups in total. The summed E-state index contributed by atoms with van der Waals surface area (Å²) in [4.78, 5) is 2.31. The third-order valence-electron chi connectivity index (χ3n) is 1.95. The predicted molar refractivity (Wildman–Crippen MR) is 50.8 cm³/mol. The largest absolute Gasteiger partial charge is 0.318 e. The van der Waals surface area contributed by atoms with Gasteiger partial charge in [0, 0.05) is 19.1 Å². The van der Waals surface area contributed by atoms with Crippen molar-refractivity contribution in [2.24, 2.45) is 0 Å². The van der Waals surface area contributed by atoms with Gasteiger partial charge in [-0.3, -0.25) is 4.90 Å². The zero-order chi connectivity index (χ0) is 8.69. The standard InChI is InChI=1S/C9H20N2/c1-5-7-11(4)9(6-2)8-10-3/h5,9-10H,1,6-8H2,2-4H3. The zero-order valence-corrected chi connectivity index (χ0v) is 7.93. The molecule has 0 aromatic heterocycles. The molecule has 2 nitrogen and oxygen atoms in total. The van der Waals surface area contributed by atoms with Crippen molar-refractivity contribution in [1.29, 1.82) is 0 Å². The van der Waals surface area contributed by atoms with Crippen molar-refractivity contribution in [3.63, 3.8) is 0 Å². The SMILES string of the molecule is C=CCN(C)C(CC)CNC. The Morgan fingerprint density at radius 1 is 1.64 bits per heavy atom. The number of hydrogen-bond donors (Lipinski definition) is 1. The van der Waals surface area contributed by atoms with Crippen molar-refractivity contribution >= 4 is 0 Å². The third kappa shape index (κ3) is 4.17. The van der Waals surface area contributed by atoms with Crippen LogP contribution in [0.3, 0.4) is 0 Å². The molecule has 0 aromatic rings. The van der Waals surface area contributed by atoms with Gasteiger partial charge in [-0.25, -0.2) is 0 Å². The molecule has 0 aliphatic rings. The fourth-order valence-corrected chi connectivity index (χ4v) is 1.20. The molecule has 1 unspecified atom stereocenters. The first-order chi connectivity index (χ1) is 5.26. The van der Waals surface area contributed by atoms with E-state index in [1.54, 1.807) is 0 Å². The van der Waals surface area contributed by atoms with E-state index in [9.17, 15) is 0 Å². The highest BCUT2D eigenvalue weighted by Gasteiger charge is 2.08. The smallest absolute Gasteiger partial charge is 0.0218 e. The number of likely N-dealkylation sites (N-methyl/N-ethyl adjacent to an activating group) is 2. The molecule has 11 heavy (non-hydrogen) atoms. The minimum absolute atomic E-state index is 0.637. The maximum atomic E-state index is 3.72. The molecule has 0 radical (unpaired) electrons. The van der Waals surface area contributed by atoms with Gasteiger partial charge in [0.2, 0.25) is 0 Å². The molecule has 0 aromatic carbocycles. The molecule has 0 aliphatic carbocycles. The second-order valence-electron chi connectivity index (χ2n) is 2.85. The van der Waals surface area contributed by atoms with E-state index < -0.39 is 0 Å². The van der Waals surface area contributed by atoms with Crippen LogP contribution in [-0.2, 0) is 0 Å². The first-order valence-electron chi connectivity index (χ1n) is 4.22. The van der Waals surface area contributed by atoms with Crippen LogP contribution >= 0.6 is 0 Å². The summed E-state index contributed by atoms with van der Waals surface area (Å²) < 4.78 is 0. The zero-order valence-electron chi connectivity index (χ0n) is 7.93. The van der Waals surface area contributed by atoms with Crippen LogP contribution in [0, 0.1) is 0 Å². The minimum Gasteiger partial charge on any atom is -0.318 e. The predicted octanol–water partition coefficient (Wildman–Crippen LogP) is 1.10. The van der Waals surface area contributed by atoms with E-state index in [2.05, 4.69) is 30.8 Å². The summed E-state index contributed by atoms with van der Waals surface area (Å²) in [5.41, 5.74) is 0. The van der Waals surface area contributed by atoms with E-state index >= 15 is 0 Å². The highest BCUT2D eigenvalue weighted by atomic mass is 15.1. The van der Waals surface area contributed by atoms with Crippen molar-refractivity contribution in [2.75, 3.05) is 27.2 Å². The van der Waals surface area contributed by atoms with Gasteiger partial charge in [-0.1, -0.05) is 13.0 Å². The van der Waals surface area contributed by atoms with Gasteiger partial charge >= 0.3 is 0 Å². The molecule has 2 heteroatoms. The van der Waals surface area contributed by atoms with Crippen molar-refractivity contribution < 1.29 is 0 Å². The Morgan fingerprint density at radius 2 is 2.27 bits per heavy atom. The fourth-order valence-electron chi connectivity index (χ4n) is 1.20. The van der Waals surface area contributed by atoms with Crippen molar-refractivity contribution in [2.45, 2.75) is 19.4 Å². The van der Waals surface area contributed by atoms with E-state index in [4.69, 9.17) is 0 Å². The second-order valence-corrected chi connectivity index (χ2v) is 2.85. The summed E-state index contributed by atoms with van der Waals surface area (Å²) in [5.74, 6) is 0. The van der Waals surface area contributed by atoms with Crippen LogP contribution in [0.15, 0.2) is 12.7 Å². The third-order valence-corrected chi connectivity index (χ3v) is 1.95. The van der Waals surface area contributed by atoms with Gasteiger partial charge in [0.1, 0.15) is 0 Å². The van der Waals surface area contributed by atoms with E-state index in [-0.39, 0.29) is 0 Å². The van der Waals surface area contributed by atoms with Gasteiger partial charge < -0.3 is 5.32 Å².